The smallest absolute Gasteiger partial charge is 0.227 e. The van der Waals surface area contributed by atoms with Crippen LogP contribution in [-0.4, -0.2) is 31.7 Å². The molecule has 0 aromatic heterocycles. The number of ether oxygens (including phenoxy) is 1. The van der Waals surface area contributed by atoms with E-state index in [1.807, 2.05) is 18.2 Å². The number of benzene rings is 1. The van der Waals surface area contributed by atoms with Crippen molar-refractivity contribution in [3.63, 3.8) is 0 Å². The molecule has 1 aromatic carbocycles. The Morgan fingerprint density at radius 1 is 1.44 bits per heavy atom. The highest BCUT2D eigenvalue weighted by Crippen LogP contribution is 2.30. The number of carbonyl (C=O) groups excluding carboxylic acids is 1. The molecule has 0 aliphatic carbocycles. The van der Waals surface area contributed by atoms with E-state index in [0.717, 1.165) is 27.7 Å². The third-order valence-electron chi connectivity index (χ3n) is 2.64. The van der Waals surface area contributed by atoms with Crippen LogP contribution in [0.1, 0.15) is 6.42 Å². The van der Waals surface area contributed by atoms with Crippen LogP contribution in [0.4, 0.5) is 5.69 Å². The summed E-state index contributed by atoms with van der Waals surface area (Å²) in [4.78, 5) is 11.9. The Labute approximate surface area is 123 Å². The Morgan fingerprint density at radius 2 is 2.17 bits per heavy atom. The predicted molar refractivity (Wildman–Crippen MR) is 77.7 cm³/mol. The molecule has 0 radical (unpaired) electrons. The first-order valence-corrected chi connectivity index (χ1v) is 7.31. The van der Waals surface area contributed by atoms with Crippen molar-refractivity contribution >= 4 is 43.5 Å². The maximum Gasteiger partial charge on any atom is 0.227 e. The first-order chi connectivity index (χ1) is 8.66. The SMILES string of the molecule is O=C(CC1CNCCO1)Nc1c(Br)cccc1Br. The van der Waals surface area contributed by atoms with Gasteiger partial charge in [-0.2, -0.15) is 0 Å². The highest BCUT2D eigenvalue weighted by molar-refractivity contribution is 9.11. The Morgan fingerprint density at radius 3 is 2.78 bits per heavy atom. The Hall–Kier alpha value is -0.430. The highest BCUT2D eigenvalue weighted by Gasteiger charge is 2.18. The van der Waals surface area contributed by atoms with Gasteiger partial charge in [0.15, 0.2) is 0 Å². The van der Waals surface area contributed by atoms with Crippen LogP contribution in [0.3, 0.4) is 0 Å². The molecular weight excluding hydrogens is 364 g/mol. The van der Waals surface area contributed by atoms with Crippen molar-refractivity contribution in [2.24, 2.45) is 0 Å². The molecular formula is C12H14Br2N2O2. The van der Waals surface area contributed by atoms with Crippen molar-refractivity contribution in [2.45, 2.75) is 12.5 Å². The minimum absolute atomic E-state index is 0.0417. The van der Waals surface area contributed by atoms with E-state index in [1.54, 1.807) is 0 Å². The molecule has 2 rings (SSSR count). The average Bonchev–Trinajstić information content (AvgIpc) is 2.35. The minimum atomic E-state index is -0.0451. The topological polar surface area (TPSA) is 50.4 Å². The van der Waals surface area contributed by atoms with Crippen LogP contribution < -0.4 is 10.6 Å². The molecule has 1 aliphatic heterocycles. The first-order valence-electron chi connectivity index (χ1n) is 5.73. The van der Waals surface area contributed by atoms with Crippen LogP contribution in [0.15, 0.2) is 27.1 Å². The zero-order chi connectivity index (χ0) is 13.0. The van der Waals surface area contributed by atoms with E-state index in [4.69, 9.17) is 4.74 Å². The normalized spacial score (nSPS) is 19.6. The maximum absolute atomic E-state index is 11.9. The van der Waals surface area contributed by atoms with E-state index in [0.29, 0.717) is 13.0 Å². The lowest BCUT2D eigenvalue weighted by Gasteiger charge is -2.23. The molecule has 1 unspecified atom stereocenters. The summed E-state index contributed by atoms with van der Waals surface area (Å²) in [5.74, 6) is -0.0451. The van der Waals surface area contributed by atoms with E-state index in [9.17, 15) is 4.79 Å². The number of morpholine rings is 1. The van der Waals surface area contributed by atoms with E-state index >= 15 is 0 Å². The number of rotatable bonds is 3. The average molecular weight is 378 g/mol. The third kappa shape index (κ3) is 3.78. The van der Waals surface area contributed by atoms with Crippen molar-refractivity contribution in [3.05, 3.63) is 27.1 Å². The van der Waals surface area contributed by atoms with Gasteiger partial charge in [0.2, 0.25) is 5.91 Å². The fraction of sp³-hybridized carbons (Fsp3) is 0.417. The largest absolute Gasteiger partial charge is 0.375 e. The van der Waals surface area contributed by atoms with Crippen LogP contribution in [0, 0.1) is 0 Å². The third-order valence-corrected chi connectivity index (χ3v) is 3.97. The van der Waals surface area contributed by atoms with Gasteiger partial charge < -0.3 is 15.4 Å². The molecule has 0 spiro atoms. The van der Waals surface area contributed by atoms with Gasteiger partial charge in [0.05, 0.1) is 24.8 Å². The predicted octanol–water partition coefficient (Wildman–Crippen LogP) is 2.53. The van der Waals surface area contributed by atoms with E-state index in [2.05, 4.69) is 42.5 Å². The summed E-state index contributed by atoms with van der Waals surface area (Å²) >= 11 is 6.82. The first kappa shape index (κ1) is 14.0. The lowest BCUT2D eigenvalue weighted by molar-refractivity contribution is -0.119. The zero-order valence-corrected chi connectivity index (χ0v) is 12.9. The summed E-state index contributed by atoms with van der Waals surface area (Å²) in [6.07, 6.45) is 0.320. The number of hydrogen-bond donors (Lipinski definition) is 2. The van der Waals surface area contributed by atoms with Gasteiger partial charge in [-0.05, 0) is 44.0 Å². The molecule has 1 saturated heterocycles. The summed E-state index contributed by atoms with van der Waals surface area (Å²) in [6, 6.07) is 5.68. The van der Waals surface area contributed by atoms with Gasteiger partial charge in [-0.3, -0.25) is 4.79 Å². The van der Waals surface area contributed by atoms with Crippen LogP contribution in [0.5, 0.6) is 0 Å². The number of amides is 1. The number of hydrogen-bond acceptors (Lipinski definition) is 3. The summed E-state index contributed by atoms with van der Waals surface area (Å²) in [5.41, 5.74) is 0.756. The van der Waals surface area contributed by atoms with Gasteiger partial charge >= 0.3 is 0 Å². The van der Waals surface area contributed by atoms with Crippen LogP contribution >= 0.6 is 31.9 Å². The molecule has 4 nitrogen and oxygen atoms in total. The second-order valence-electron chi connectivity index (χ2n) is 4.05. The maximum atomic E-state index is 11.9. The van der Waals surface area contributed by atoms with Gasteiger partial charge in [0.25, 0.3) is 0 Å². The molecule has 1 heterocycles. The molecule has 2 N–H and O–H groups in total. The number of halogens is 2. The molecule has 0 saturated carbocycles. The summed E-state index contributed by atoms with van der Waals surface area (Å²) in [6.45, 7) is 2.25. The lowest BCUT2D eigenvalue weighted by atomic mass is 10.2. The Kier molecular flexibility index (Phi) is 5.17. The Bertz CT molecular complexity index is 414. The summed E-state index contributed by atoms with van der Waals surface area (Å²) in [5, 5.41) is 6.09. The molecule has 0 bridgehead atoms. The molecule has 1 fully saturated rings. The van der Waals surface area contributed by atoms with E-state index in [1.165, 1.54) is 0 Å². The Balaban J connectivity index is 1.94. The fourth-order valence-electron chi connectivity index (χ4n) is 1.77. The summed E-state index contributed by atoms with van der Waals surface area (Å²) in [7, 11) is 0. The monoisotopic (exact) mass is 376 g/mol. The van der Waals surface area contributed by atoms with Gasteiger partial charge in [0, 0.05) is 22.0 Å². The number of para-hydroxylation sites is 1. The van der Waals surface area contributed by atoms with Crippen molar-refractivity contribution < 1.29 is 9.53 Å². The highest BCUT2D eigenvalue weighted by atomic mass is 79.9. The molecule has 6 heteroatoms. The molecule has 98 valence electrons. The van der Waals surface area contributed by atoms with Gasteiger partial charge in [-0.1, -0.05) is 6.07 Å². The zero-order valence-electron chi connectivity index (χ0n) is 9.71. The van der Waals surface area contributed by atoms with Crippen LogP contribution in [-0.2, 0) is 9.53 Å². The second kappa shape index (κ2) is 6.65. The molecule has 1 amide bonds. The van der Waals surface area contributed by atoms with Crippen molar-refractivity contribution in [1.29, 1.82) is 0 Å². The number of carbonyl (C=O) groups is 1. The lowest BCUT2D eigenvalue weighted by Crippen LogP contribution is -2.40. The molecule has 1 aromatic rings. The molecule has 1 aliphatic rings. The molecule has 18 heavy (non-hydrogen) atoms. The quantitative estimate of drug-likeness (QED) is 0.850. The standard InChI is InChI=1S/C12H14Br2N2O2/c13-9-2-1-3-10(14)12(9)16-11(17)6-8-7-15-4-5-18-8/h1-3,8,15H,4-7H2,(H,16,17). The van der Waals surface area contributed by atoms with Gasteiger partial charge in [-0.25, -0.2) is 0 Å². The number of nitrogens with one attached hydrogen (secondary N) is 2. The van der Waals surface area contributed by atoms with Gasteiger partial charge in [0.1, 0.15) is 0 Å². The van der Waals surface area contributed by atoms with Crippen LogP contribution in [0.2, 0.25) is 0 Å². The number of anilines is 1. The minimum Gasteiger partial charge on any atom is -0.375 e. The second-order valence-corrected chi connectivity index (χ2v) is 5.75. The fourth-order valence-corrected chi connectivity index (χ4v) is 2.96. The van der Waals surface area contributed by atoms with E-state index < -0.39 is 0 Å². The molecule has 1 atom stereocenters. The van der Waals surface area contributed by atoms with E-state index in [-0.39, 0.29) is 12.0 Å². The van der Waals surface area contributed by atoms with Crippen molar-refractivity contribution in [3.8, 4) is 0 Å². The van der Waals surface area contributed by atoms with Gasteiger partial charge in [-0.15, -0.1) is 0 Å². The van der Waals surface area contributed by atoms with Crippen LogP contribution in [0.25, 0.3) is 0 Å². The summed E-state index contributed by atoms with van der Waals surface area (Å²) < 4.78 is 7.21. The van der Waals surface area contributed by atoms with Crippen molar-refractivity contribution in [1.82, 2.24) is 5.32 Å². The van der Waals surface area contributed by atoms with Crippen molar-refractivity contribution in [2.75, 3.05) is 25.0 Å².